The highest BCUT2D eigenvalue weighted by Gasteiger charge is 2.31. The minimum Gasteiger partial charge on any atom is -0.422 e. The van der Waals surface area contributed by atoms with Gasteiger partial charge in [0.15, 0.2) is 0 Å². The van der Waals surface area contributed by atoms with Gasteiger partial charge in [-0.25, -0.2) is 13.5 Å². The molecule has 1 aromatic rings. The molecule has 0 amide bonds. The fourth-order valence-corrected chi connectivity index (χ4v) is 2.20. The molecule has 100 valence electrons. The Labute approximate surface area is 104 Å². The van der Waals surface area contributed by atoms with Gasteiger partial charge < -0.3 is 14.8 Å². The molecule has 0 radical (unpaired) electrons. The monoisotopic (exact) mass is 260 g/mol. The third-order valence-electron chi connectivity index (χ3n) is 3.11. The SMILES string of the molecule is Cc1c(C(F)F)nn(C2CCCCO2)c1B(O)O. The van der Waals surface area contributed by atoms with Crippen LogP contribution in [-0.2, 0) is 4.74 Å². The second-order valence-electron chi connectivity index (χ2n) is 4.34. The van der Waals surface area contributed by atoms with Gasteiger partial charge in [-0.05, 0) is 31.7 Å². The summed E-state index contributed by atoms with van der Waals surface area (Å²) in [4.78, 5) is 0. The first kappa shape index (κ1) is 13.4. The topological polar surface area (TPSA) is 67.5 Å². The zero-order chi connectivity index (χ0) is 13.3. The van der Waals surface area contributed by atoms with Crippen LogP contribution in [0.1, 0.15) is 43.2 Å². The van der Waals surface area contributed by atoms with Gasteiger partial charge in [-0.2, -0.15) is 5.10 Å². The van der Waals surface area contributed by atoms with Crippen molar-refractivity contribution in [2.45, 2.75) is 38.8 Å². The molecule has 0 aliphatic carbocycles. The highest BCUT2D eigenvalue weighted by Crippen LogP contribution is 2.25. The number of nitrogens with zero attached hydrogens (tertiary/aromatic N) is 2. The molecule has 1 aliphatic rings. The van der Waals surface area contributed by atoms with Gasteiger partial charge in [-0.1, -0.05) is 0 Å². The van der Waals surface area contributed by atoms with Gasteiger partial charge in [0.05, 0.1) is 5.59 Å². The molecular formula is C10H15BF2N2O3. The maximum Gasteiger partial charge on any atom is 0.508 e. The molecule has 0 saturated carbocycles. The molecule has 18 heavy (non-hydrogen) atoms. The van der Waals surface area contributed by atoms with Crippen LogP contribution < -0.4 is 5.59 Å². The number of hydrogen-bond donors (Lipinski definition) is 2. The summed E-state index contributed by atoms with van der Waals surface area (Å²) in [6.07, 6.45) is -0.804. The van der Waals surface area contributed by atoms with E-state index in [1.165, 1.54) is 11.6 Å². The second kappa shape index (κ2) is 5.33. The van der Waals surface area contributed by atoms with Gasteiger partial charge in [-0.3, -0.25) is 0 Å². The third-order valence-corrected chi connectivity index (χ3v) is 3.11. The highest BCUT2D eigenvalue weighted by molar-refractivity contribution is 6.58. The molecule has 1 saturated heterocycles. The van der Waals surface area contributed by atoms with E-state index in [4.69, 9.17) is 4.74 Å². The van der Waals surface area contributed by atoms with Crippen LogP contribution in [0.25, 0.3) is 0 Å². The molecule has 2 N–H and O–H groups in total. The largest absolute Gasteiger partial charge is 0.508 e. The molecule has 1 atom stereocenters. The predicted molar refractivity (Wildman–Crippen MR) is 60.6 cm³/mol. The summed E-state index contributed by atoms with van der Waals surface area (Å²) in [6.45, 7) is 1.93. The zero-order valence-corrected chi connectivity index (χ0v) is 10.0. The zero-order valence-electron chi connectivity index (χ0n) is 10.0. The van der Waals surface area contributed by atoms with Gasteiger partial charge in [-0.15, -0.1) is 0 Å². The maximum atomic E-state index is 12.8. The van der Waals surface area contributed by atoms with E-state index in [2.05, 4.69) is 5.10 Å². The van der Waals surface area contributed by atoms with Crippen LogP contribution in [0.3, 0.4) is 0 Å². The molecule has 1 unspecified atom stereocenters. The Morgan fingerprint density at radius 2 is 2.17 bits per heavy atom. The van der Waals surface area contributed by atoms with Crippen LogP contribution in [0, 0.1) is 6.92 Å². The summed E-state index contributed by atoms with van der Waals surface area (Å²) in [5.74, 6) is 0. The second-order valence-corrected chi connectivity index (χ2v) is 4.34. The molecule has 1 aliphatic heterocycles. The van der Waals surface area contributed by atoms with Crippen molar-refractivity contribution in [2.24, 2.45) is 0 Å². The van der Waals surface area contributed by atoms with E-state index < -0.39 is 25.5 Å². The Morgan fingerprint density at radius 3 is 2.67 bits per heavy atom. The lowest BCUT2D eigenvalue weighted by atomic mass is 9.82. The van der Waals surface area contributed by atoms with Crippen LogP contribution in [0.2, 0.25) is 0 Å². The summed E-state index contributed by atoms with van der Waals surface area (Å²) in [5.41, 5.74) is -0.335. The van der Waals surface area contributed by atoms with Crippen LogP contribution in [-0.4, -0.2) is 33.6 Å². The Bertz CT molecular complexity index is 420. The fourth-order valence-electron chi connectivity index (χ4n) is 2.20. The summed E-state index contributed by atoms with van der Waals surface area (Å²) >= 11 is 0. The van der Waals surface area contributed by atoms with Gasteiger partial charge in [0.1, 0.15) is 11.9 Å². The third kappa shape index (κ3) is 2.41. The number of hydrogen-bond acceptors (Lipinski definition) is 4. The van der Waals surface area contributed by atoms with Crippen molar-refractivity contribution >= 4 is 12.7 Å². The Morgan fingerprint density at radius 1 is 1.44 bits per heavy atom. The van der Waals surface area contributed by atoms with E-state index in [9.17, 15) is 18.8 Å². The lowest BCUT2D eigenvalue weighted by molar-refractivity contribution is -0.0386. The molecule has 1 aromatic heterocycles. The Kier molecular flexibility index (Phi) is 3.99. The highest BCUT2D eigenvalue weighted by atomic mass is 19.3. The van der Waals surface area contributed by atoms with Gasteiger partial charge in [0, 0.05) is 6.61 Å². The molecule has 5 nitrogen and oxygen atoms in total. The smallest absolute Gasteiger partial charge is 0.422 e. The average Bonchev–Trinajstić information content (AvgIpc) is 2.68. The first-order chi connectivity index (χ1) is 8.52. The summed E-state index contributed by atoms with van der Waals surface area (Å²) in [6, 6.07) is 0. The lowest BCUT2D eigenvalue weighted by Gasteiger charge is -2.24. The van der Waals surface area contributed by atoms with Crippen molar-refractivity contribution in [3.8, 4) is 0 Å². The number of ether oxygens (including phenoxy) is 1. The van der Waals surface area contributed by atoms with Crippen molar-refractivity contribution in [1.82, 2.24) is 9.78 Å². The first-order valence-electron chi connectivity index (χ1n) is 5.87. The Hall–Kier alpha value is -0.985. The van der Waals surface area contributed by atoms with E-state index in [-0.39, 0.29) is 11.2 Å². The summed E-state index contributed by atoms with van der Waals surface area (Å²) in [7, 11) is -1.84. The van der Waals surface area contributed by atoms with Crippen molar-refractivity contribution in [3.05, 3.63) is 11.3 Å². The normalized spacial score (nSPS) is 20.4. The van der Waals surface area contributed by atoms with E-state index in [0.717, 1.165) is 12.8 Å². The number of halogens is 2. The molecule has 0 bridgehead atoms. The molecule has 1 fully saturated rings. The minimum absolute atomic E-state index is 0.0165. The first-order valence-corrected chi connectivity index (χ1v) is 5.87. The molecule has 2 rings (SSSR count). The van der Waals surface area contributed by atoms with Gasteiger partial charge >= 0.3 is 7.12 Å². The fraction of sp³-hybridized carbons (Fsp3) is 0.700. The van der Waals surface area contributed by atoms with Gasteiger partial charge in [0.2, 0.25) is 0 Å². The molecule has 0 aromatic carbocycles. The van der Waals surface area contributed by atoms with E-state index >= 15 is 0 Å². The predicted octanol–water partition coefficient (Wildman–Crippen LogP) is 0.508. The van der Waals surface area contributed by atoms with Crippen molar-refractivity contribution in [3.63, 3.8) is 0 Å². The molecular weight excluding hydrogens is 245 g/mol. The quantitative estimate of drug-likeness (QED) is 0.777. The van der Waals surface area contributed by atoms with Crippen LogP contribution in [0.5, 0.6) is 0 Å². The number of aromatic nitrogens is 2. The van der Waals surface area contributed by atoms with Crippen molar-refractivity contribution < 1.29 is 23.6 Å². The van der Waals surface area contributed by atoms with Gasteiger partial charge in [0.25, 0.3) is 6.43 Å². The maximum absolute atomic E-state index is 12.8. The molecule has 0 spiro atoms. The van der Waals surface area contributed by atoms with Crippen LogP contribution in [0.15, 0.2) is 0 Å². The number of rotatable bonds is 3. The average molecular weight is 260 g/mol. The van der Waals surface area contributed by atoms with E-state index in [1.807, 2.05) is 0 Å². The van der Waals surface area contributed by atoms with E-state index in [0.29, 0.717) is 13.0 Å². The van der Waals surface area contributed by atoms with Crippen LogP contribution in [0.4, 0.5) is 8.78 Å². The summed E-state index contributed by atoms with van der Waals surface area (Å²) in [5, 5.41) is 22.4. The van der Waals surface area contributed by atoms with Crippen molar-refractivity contribution in [1.29, 1.82) is 0 Å². The van der Waals surface area contributed by atoms with Crippen molar-refractivity contribution in [2.75, 3.05) is 6.61 Å². The standard InChI is InChI=1S/C10H15BF2N2O3/c1-6-8(10(12)13)14-15(9(6)11(16)17)7-4-2-3-5-18-7/h7,10,16-17H,2-5H2,1H3. The lowest BCUT2D eigenvalue weighted by Crippen LogP contribution is -2.41. The minimum atomic E-state index is -2.74. The Balaban J connectivity index is 2.41. The molecule has 8 heteroatoms. The summed E-state index contributed by atoms with van der Waals surface area (Å²) < 4.78 is 32.2. The van der Waals surface area contributed by atoms with Crippen LogP contribution >= 0.6 is 0 Å². The van der Waals surface area contributed by atoms with E-state index in [1.54, 1.807) is 0 Å². The molecule has 2 heterocycles. The number of alkyl halides is 2.